The number of amides is 4. The summed E-state index contributed by atoms with van der Waals surface area (Å²) in [6.07, 6.45) is -0.336. The van der Waals surface area contributed by atoms with Crippen LogP contribution in [-0.4, -0.2) is 53.4 Å². The zero-order valence-electron chi connectivity index (χ0n) is 17.7. The Morgan fingerprint density at radius 2 is 1.67 bits per heavy atom. The lowest BCUT2D eigenvalue weighted by molar-refractivity contribution is -0.159. The van der Waals surface area contributed by atoms with Gasteiger partial charge >= 0.3 is 12.0 Å². The number of carbonyl (C=O) groups is 4. The number of hydrogen-bond acceptors (Lipinski definition) is 5. The standard InChI is InChI=1S/C21H28FN3O5/c1-13(17(26)23-20(29)24-21(2,3)4)30-19(28)15-9-11-25(12-10-15)18(27)14-5-7-16(22)8-6-14/h5-8,13,15H,9-12H2,1-4H3,(H2,23,24,26,29). The number of nitrogens with one attached hydrogen (secondary N) is 2. The average Bonchev–Trinajstić information content (AvgIpc) is 2.66. The van der Waals surface area contributed by atoms with E-state index in [4.69, 9.17) is 4.74 Å². The Morgan fingerprint density at radius 3 is 2.20 bits per heavy atom. The Bertz CT molecular complexity index is 796. The minimum absolute atomic E-state index is 0.223. The van der Waals surface area contributed by atoms with Crippen LogP contribution in [0.4, 0.5) is 9.18 Å². The van der Waals surface area contributed by atoms with Crippen molar-refractivity contribution in [3.8, 4) is 0 Å². The minimum Gasteiger partial charge on any atom is -0.452 e. The summed E-state index contributed by atoms with van der Waals surface area (Å²) in [5.74, 6) is -2.33. The highest BCUT2D eigenvalue weighted by atomic mass is 19.1. The number of hydrogen-bond donors (Lipinski definition) is 2. The molecule has 2 rings (SSSR count). The van der Waals surface area contributed by atoms with Crippen molar-refractivity contribution < 1.29 is 28.3 Å². The van der Waals surface area contributed by atoms with E-state index in [9.17, 15) is 23.6 Å². The highest BCUT2D eigenvalue weighted by molar-refractivity contribution is 5.97. The molecular formula is C21H28FN3O5. The van der Waals surface area contributed by atoms with Crippen molar-refractivity contribution in [2.24, 2.45) is 5.92 Å². The van der Waals surface area contributed by atoms with Gasteiger partial charge in [0.15, 0.2) is 6.10 Å². The lowest BCUT2D eigenvalue weighted by Crippen LogP contribution is -2.51. The van der Waals surface area contributed by atoms with E-state index in [1.54, 1.807) is 25.7 Å². The van der Waals surface area contributed by atoms with Crippen LogP contribution in [-0.2, 0) is 14.3 Å². The predicted octanol–water partition coefficient (Wildman–Crippen LogP) is 2.23. The van der Waals surface area contributed by atoms with Crippen LogP contribution in [0.1, 0.15) is 50.9 Å². The molecule has 0 aliphatic carbocycles. The first-order valence-electron chi connectivity index (χ1n) is 9.84. The lowest BCUT2D eigenvalue weighted by Gasteiger charge is -2.31. The molecule has 1 aromatic carbocycles. The van der Waals surface area contributed by atoms with Crippen molar-refractivity contribution in [1.29, 1.82) is 0 Å². The molecule has 1 unspecified atom stereocenters. The van der Waals surface area contributed by atoms with Crippen molar-refractivity contribution in [3.63, 3.8) is 0 Å². The van der Waals surface area contributed by atoms with Crippen molar-refractivity contribution in [2.75, 3.05) is 13.1 Å². The SMILES string of the molecule is CC(OC(=O)C1CCN(C(=O)c2ccc(F)cc2)CC1)C(=O)NC(=O)NC(C)(C)C. The summed E-state index contributed by atoms with van der Waals surface area (Å²) in [4.78, 5) is 50.2. The van der Waals surface area contributed by atoms with Crippen molar-refractivity contribution in [1.82, 2.24) is 15.5 Å². The first kappa shape index (κ1) is 23.3. The number of esters is 1. The second-order valence-electron chi connectivity index (χ2n) is 8.35. The number of piperidine rings is 1. The maximum absolute atomic E-state index is 13.0. The molecule has 1 heterocycles. The molecule has 1 atom stereocenters. The molecule has 1 fully saturated rings. The Morgan fingerprint density at radius 1 is 1.10 bits per heavy atom. The summed E-state index contributed by atoms with van der Waals surface area (Å²) in [6, 6.07) is 4.64. The third kappa shape index (κ3) is 6.82. The maximum Gasteiger partial charge on any atom is 0.321 e. The molecule has 30 heavy (non-hydrogen) atoms. The molecule has 1 saturated heterocycles. The second-order valence-corrected chi connectivity index (χ2v) is 8.35. The summed E-state index contributed by atoms with van der Waals surface area (Å²) >= 11 is 0. The molecule has 8 nitrogen and oxygen atoms in total. The summed E-state index contributed by atoms with van der Waals surface area (Å²) in [7, 11) is 0. The third-order valence-corrected chi connectivity index (χ3v) is 4.59. The Balaban J connectivity index is 1.80. The van der Waals surface area contributed by atoms with Gasteiger partial charge in [-0.2, -0.15) is 0 Å². The zero-order valence-corrected chi connectivity index (χ0v) is 17.7. The zero-order chi connectivity index (χ0) is 22.5. The normalized spacial score (nSPS) is 15.8. The summed E-state index contributed by atoms with van der Waals surface area (Å²) in [6.45, 7) is 7.41. The van der Waals surface area contributed by atoms with Crippen LogP contribution >= 0.6 is 0 Å². The van der Waals surface area contributed by atoms with Gasteiger partial charge in [-0.05, 0) is 64.8 Å². The van der Waals surface area contributed by atoms with E-state index in [1.165, 1.54) is 31.2 Å². The molecule has 4 amide bonds. The Kier molecular flexibility index (Phi) is 7.53. The maximum atomic E-state index is 13.0. The van der Waals surface area contributed by atoms with E-state index in [-0.39, 0.29) is 5.91 Å². The van der Waals surface area contributed by atoms with E-state index in [0.717, 1.165) is 0 Å². The van der Waals surface area contributed by atoms with Crippen LogP contribution in [0.5, 0.6) is 0 Å². The number of benzene rings is 1. The monoisotopic (exact) mass is 421 g/mol. The van der Waals surface area contributed by atoms with Crippen molar-refractivity contribution in [2.45, 2.75) is 52.2 Å². The van der Waals surface area contributed by atoms with E-state index in [1.807, 2.05) is 0 Å². The van der Waals surface area contributed by atoms with E-state index in [2.05, 4.69) is 10.6 Å². The number of likely N-dealkylation sites (tertiary alicyclic amines) is 1. The number of carbonyl (C=O) groups excluding carboxylic acids is 4. The van der Waals surface area contributed by atoms with Crippen LogP contribution in [0.25, 0.3) is 0 Å². The summed E-state index contributed by atoms with van der Waals surface area (Å²) in [5.41, 5.74) is -0.125. The van der Waals surface area contributed by atoms with Gasteiger partial charge in [-0.15, -0.1) is 0 Å². The first-order chi connectivity index (χ1) is 14.0. The fraction of sp³-hybridized carbons (Fsp3) is 0.524. The molecule has 0 saturated carbocycles. The van der Waals surface area contributed by atoms with Crippen LogP contribution in [0.15, 0.2) is 24.3 Å². The molecule has 1 aliphatic heterocycles. The van der Waals surface area contributed by atoms with Gasteiger partial charge in [-0.1, -0.05) is 0 Å². The third-order valence-electron chi connectivity index (χ3n) is 4.59. The quantitative estimate of drug-likeness (QED) is 0.726. The number of ether oxygens (including phenoxy) is 1. The van der Waals surface area contributed by atoms with Crippen LogP contribution < -0.4 is 10.6 Å². The topological polar surface area (TPSA) is 105 Å². The number of rotatable bonds is 4. The van der Waals surface area contributed by atoms with Gasteiger partial charge in [0.2, 0.25) is 0 Å². The number of halogens is 1. The number of urea groups is 1. The molecule has 9 heteroatoms. The van der Waals surface area contributed by atoms with E-state index >= 15 is 0 Å². The van der Waals surface area contributed by atoms with Gasteiger partial charge in [0, 0.05) is 24.2 Å². The molecular weight excluding hydrogens is 393 g/mol. The highest BCUT2D eigenvalue weighted by Gasteiger charge is 2.31. The lowest BCUT2D eigenvalue weighted by atomic mass is 9.96. The van der Waals surface area contributed by atoms with E-state index < -0.39 is 41.3 Å². The molecule has 0 spiro atoms. The highest BCUT2D eigenvalue weighted by Crippen LogP contribution is 2.21. The van der Waals surface area contributed by atoms with E-state index in [0.29, 0.717) is 31.5 Å². The summed E-state index contributed by atoms with van der Waals surface area (Å²) < 4.78 is 18.2. The average molecular weight is 421 g/mol. The first-order valence-corrected chi connectivity index (χ1v) is 9.84. The molecule has 1 aliphatic rings. The molecule has 0 aromatic heterocycles. The summed E-state index contributed by atoms with van der Waals surface area (Å²) in [5, 5.41) is 4.73. The van der Waals surface area contributed by atoms with Crippen LogP contribution in [0.2, 0.25) is 0 Å². The number of nitrogens with zero attached hydrogens (tertiary/aromatic N) is 1. The smallest absolute Gasteiger partial charge is 0.321 e. The molecule has 2 N–H and O–H groups in total. The van der Waals surface area contributed by atoms with Gasteiger partial charge in [-0.25, -0.2) is 9.18 Å². The van der Waals surface area contributed by atoms with Crippen LogP contribution in [0.3, 0.4) is 0 Å². The molecule has 164 valence electrons. The minimum atomic E-state index is -1.12. The fourth-order valence-corrected chi connectivity index (χ4v) is 3.00. The molecule has 0 radical (unpaired) electrons. The largest absolute Gasteiger partial charge is 0.452 e. The van der Waals surface area contributed by atoms with Crippen molar-refractivity contribution >= 4 is 23.8 Å². The molecule has 0 bridgehead atoms. The number of imide groups is 1. The fourth-order valence-electron chi connectivity index (χ4n) is 3.00. The van der Waals surface area contributed by atoms with Gasteiger partial charge in [-0.3, -0.25) is 19.7 Å². The Labute approximate surface area is 175 Å². The van der Waals surface area contributed by atoms with Gasteiger partial charge in [0.25, 0.3) is 11.8 Å². The van der Waals surface area contributed by atoms with Gasteiger partial charge in [0.1, 0.15) is 5.82 Å². The second kappa shape index (κ2) is 9.69. The van der Waals surface area contributed by atoms with Crippen molar-refractivity contribution in [3.05, 3.63) is 35.6 Å². The molecule has 1 aromatic rings. The van der Waals surface area contributed by atoms with Crippen LogP contribution in [0, 0.1) is 11.7 Å². The van der Waals surface area contributed by atoms with Gasteiger partial charge in [0.05, 0.1) is 5.92 Å². The van der Waals surface area contributed by atoms with Gasteiger partial charge < -0.3 is 15.0 Å². The predicted molar refractivity (Wildman–Crippen MR) is 107 cm³/mol. The Hall–Kier alpha value is -2.97.